The topological polar surface area (TPSA) is 43.6 Å². The summed E-state index contributed by atoms with van der Waals surface area (Å²) in [7, 11) is 0. The van der Waals surface area contributed by atoms with Crippen LogP contribution in [0.5, 0.6) is 0 Å². The number of hydrogen-bond acceptors (Lipinski definition) is 3. The summed E-state index contributed by atoms with van der Waals surface area (Å²) in [6.07, 6.45) is 3.24. The largest absolute Gasteiger partial charge is 0.235 e. The van der Waals surface area contributed by atoms with Gasteiger partial charge in [-0.3, -0.25) is 0 Å². The zero-order valence-electron chi connectivity index (χ0n) is 11.5. The first-order valence-corrected chi connectivity index (χ1v) is 6.83. The molecule has 4 rings (SSSR count). The van der Waals surface area contributed by atoms with Gasteiger partial charge >= 0.3 is 0 Å². The molecule has 2 aromatic heterocycles. The first-order valence-electron chi connectivity index (χ1n) is 6.83. The van der Waals surface area contributed by atoms with E-state index in [9.17, 15) is 4.39 Å². The highest BCUT2D eigenvalue weighted by Gasteiger charge is 2.12. The SMILES string of the molecule is Fc1ccc(-c2ncnc3c2cnn3-c2ccccc2)cc1. The van der Waals surface area contributed by atoms with Crippen molar-refractivity contribution in [3.8, 4) is 16.9 Å². The molecule has 4 aromatic rings. The Bertz CT molecular complexity index is 930. The lowest BCUT2D eigenvalue weighted by molar-refractivity contribution is 0.628. The number of para-hydroxylation sites is 1. The maximum Gasteiger partial charge on any atom is 0.166 e. The van der Waals surface area contributed by atoms with Crippen LogP contribution >= 0.6 is 0 Å². The van der Waals surface area contributed by atoms with Crippen LogP contribution in [0.4, 0.5) is 4.39 Å². The molecule has 0 aliphatic rings. The Hall–Kier alpha value is -3.08. The molecule has 0 bridgehead atoms. The van der Waals surface area contributed by atoms with Crippen molar-refractivity contribution in [3.05, 3.63) is 72.9 Å². The van der Waals surface area contributed by atoms with Gasteiger partial charge in [-0.05, 0) is 36.4 Å². The fraction of sp³-hybridized carbons (Fsp3) is 0. The van der Waals surface area contributed by atoms with Crippen molar-refractivity contribution in [2.75, 3.05) is 0 Å². The molecule has 2 aromatic carbocycles. The molecule has 0 fully saturated rings. The van der Waals surface area contributed by atoms with Crippen LogP contribution in [0.1, 0.15) is 0 Å². The molecule has 0 aliphatic heterocycles. The normalized spacial score (nSPS) is 11.0. The van der Waals surface area contributed by atoms with E-state index in [0.29, 0.717) is 0 Å². The molecule has 0 saturated carbocycles. The molecule has 0 atom stereocenters. The van der Waals surface area contributed by atoms with Gasteiger partial charge in [0.2, 0.25) is 0 Å². The van der Waals surface area contributed by atoms with Gasteiger partial charge in [0.05, 0.1) is 23.0 Å². The number of halogens is 1. The Morgan fingerprint density at radius 3 is 2.41 bits per heavy atom. The lowest BCUT2D eigenvalue weighted by Crippen LogP contribution is -1.97. The van der Waals surface area contributed by atoms with Crippen molar-refractivity contribution >= 4 is 11.0 Å². The third-order valence-corrected chi connectivity index (χ3v) is 3.48. The molecule has 0 N–H and O–H groups in total. The minimum Gasteiger partial charge on any atom is -0.235 e. The van der Waals surface area contributed by atoms with Gasteiger partial charge in [-0.1, -0.05) is 18.2 Å². The van der Waals surface area contributed by atoms with E-state index in [4.69, 9.17) is 0 Å². The number of nitrogens with zero attached hydrogens (tertiary/aromatic N) is 4. The van der Waals surface area contributed by atoms with Crippen molar-refractivity contribution in [1.82, 2.24) is 19.7 Å². The predicted octanol–water partition coefficient (Wildman–Crippen LogP) is 3.62. The van der Waals surface area contributed by atoms with Crippen molar-refractivity contribution in [3.63, 3.8) is 0 Å². The van der Waals surface area contributed by atoms with Crippen LogP contribution in [0, 0.1) is 5.82 Å². The molecule has 0 aliphatic carbocycles. The summed E-state index contributed by atoms with van der Waals surface area (Å²) in [5, 5.41) is 5.24. The zero-order valence-corrected chi connectivity index (χ0v) is 11.5. The Labute approximate surface area is 125 Å². The summed E-state index contributed by atoms with van der Waals surface area (Å²) < 4.78 is 14.9. The number of benzene rings is 2. The monoisotopic (exact) mass is 290 g/mol. The summed E-state index contributed by atoms with van der Waals surface area (Å²) in [6.45, 7) is 0. The van der Waals surface area contributed by atoms with Gasteiger partial charge in [-0.25, -0.2) is 19.0 Å². The molecule has 4 nitrogen and oxygen atoms in total. The number of aromatic nitrogens is 4. The molecular weight excluding hydrogens is 279 g/mol. The maximum absolute atomic E-state index is 13.1. The second kappa shape index (κ2) is 5.04. The lowest BCUT2D eigenvalue weighted by atomic mass is 10.1. The second-order valence-electron chi connectivity index (χ2n) is 4.86. The maximum atomic E-state index is 13.1. The first-order chi connectivity index (χ1) is 10.8. The van der Waals surface area contributed by atoms with E-state index in [2.05, 4.69) is 15.1 Å². The molecule has 0 spiro atoms. The average molecular weight is 290 g/mol. The first kappa shape index (κ1) is 12.6. The highest BCUT2D eigenvalue weighted by Crippen LogP contribution is 2.26. The summed E-state index contributed by atoms with van der Waals surface area (Å²) in [5.41, 5.74) is 3.23. The fourth-order valence-corrected chi connectivity index (χ4v) is 2.44. The molecule has 106 valence electrons. The van der Waals surface area contributed by atoms with Gasteiger partial charge in [-0.2, -0.15) is 5.10 Å². The highest BCUT2D eigenvalue weighted by atomic mass is 19.1. The van der Waals surface area contributed by atoms with Crippen LogP contribution in [0.2, 0.25) is 0 Å². The van der Waals surface area contributed by atoms with E-state index in [1.165, 1.54) is 18.5 Å². The Morgan fingerprint density at radius 2 is 1.64 bits per heavy atom. The minimum atomic E-state index is -0.269. The van der Waals surface area contributed by atoms with Crippen molar-refractivity contribution < 1.29 is 4.39 Å². The molecule has 0 radical (unpaired) electrons. The van der Waals surface area contributed by atoms with Crippen LogP contribution in [0.3, 0.4) is 0 Å². The number of fused-ring (bicyclic) bond motifs is 1. The van der Waals surface area contributed by atoms with Gasteiger partial charge in [0.1, 0.15) is 12.1 Å². The lowest BCUT2D eigenvalue weighted by Gasteiger charge is -2.04. The van der Waals surface area contributed by atoms with Gasteiger partial charge in [-0.15, -0.1) is 0 Å². The third kappa shape index (κ3) is 2.03. The third-order valence-electron chi connectivity index (χ3n) is 3.48. The average Bonchev–Trinajstić information content (AvgIpc) is 3.00. The molecule has 0 unspecified atom stereocenters. The smallest absolute Gasteiger partial charge is 0.166 e. The van der Waals surface area contributed by atoms with Crippen molar-refractivity contribution in [2.45, 2.75) is 0 Å². The summed E-state index contributed by atoms with van der Waals surface area (Å²) in [5.74, 6) is -0.269. The van der Waals surface area contributed by atoms with Gasteiger partial charge < -0.3 is 0 Å². The molecule has 2 heterocycles. The highest BCUT2D eigenvalue weighted by molar-refractivity contribution is 5.90. The van der Waals surface area contributed by atoms with E-state index in [1.807, 2.05) is 30.3 Å². The number of hydrogen-bond donors (Lipinski definition) is 0. The van der Waals surface area contributed by atoms with E-state index < -0.39 is 0 Å². The van der Waals surface area contributed by atoms with E-state index in [1.54, 1.807) is 23.0 Å². The zero-order chi connectivity index (χ0) is 14.9. The predicted molar refractivity (Wildman–Crippen MR) is 82.1 cm³/mol. The van der Waals surface area contributed by atoms with Gasteiger partial charge in [0.15, 0.2) is 5.65 Å². The Balaban J connectivity index is 1.92. The van der Waals surface area contributed by atoms with Crippen LogP contribution in [0.15, 0.2) is 67.1 Å². The van der Waals surface area contributed by atoms with Gasteiger partial charge in [0.25, 0.3) is 0 Å². The Morgan fingerprint density at radius 1 is 0.864 bits per heavy atom. The summed E-state index contributed by atoms with van der Waals surface area (Å²) in [4.78, 5) is 8.66. The molecule has 0 saturated heterocycles. The standard InChI is InChI=1S/C17H11FN4/c18-13-8-6-12(7-9-13)16-15-10-21-22(17(15)20-11-19-16)14-4-2-1-3-5-14/h1-11H. The van der Waals surface area contributed by atoms with E-state index in [-0.39, 0.29) is 5.82 Å². The van der Waals surface area contributed by atoms with E-state index in [0.717, 1.165) is 28.0 Å². The van der Waals surface area contributed by atoms with Crippen LogP contribution in [-0.4, -0.2) is 19.7 Å². The summed E-state index contributed by atoms with van der Waals surface area (Å²) >= 11 is 0. The van der Waals surface area contributed by atoms with Crippen LogP contribution < -0.4 is 0 Å². The number of rotatable bonds is 2. The molecule has 5 heteroatoms. The Kier molecular flexibility index (Phi) is 2.89. The summed E-state index contributed by atoms with van der Waals surface area (Å²) in [6, 6.07) is 16.0. The molecule has 0 amide bonds. The molecular formula is C17H11FN4. The van der Waals surface area contributed by atoms with Crippen LogP contribution in [0.25, 0.3) is 28.0 Å². The van der Waals surface area contributed by atoms with Crippen molar-refractivity contribution in [1.29, 1.82) is 0 Å². The fourth-order valence-electron chi connectivity index (χ4n) is 2.44. The minimum absolute atomic E-state index is 0.269. The van der Waals surface area contributed by atoms with Crippen molar-refractivity contribution in [2.24, 2.45) is 0 Å². The van der Waals surface area contributed by atoms with Gasteiger partial charge in [0, 0.05) is 5.56 Å². The van der Waals surface area contributed by atoms with Crippen LogP contribution in [-0.2, 0) is 0 Å². The second-order valence-corrected chi connectivity index (χ2v) is 4.86. The molecule has 22 heavy (non-hydrogen) atoms. The quantitative estimate of drug-likeness (QED) is 0.566. The van der Waals surface area contributed by atoms with E-state index >= 15 is 0 Å².